The first-order valence-electron chi connectivity index (χ1n) is 8.95. The second kappa shape index (κ2) is 6.15. The Morgan fingerprint density at radius 2 is 1.75 bits per heavy atom. The second-order valence-corrected chi connectivity index (χ2v) is 9.33. The molecule has 3 fully saturated rings. The highest BCUT2D eigenvalue weighted by Gasteiger charge is 2.40. The summed E-state index contributed by atoms with van der Waals surface area (Å²) in [6.45, 7) is 1.18. The fourth-order valence-electron chi connectivity index (χ4n) is 4.53. The molecule has 2 saturated carbocycles. The minimum absolute atomic E-state index is 0.0855. The highest BCUT2D eigenvalue weighted by atomic mass is 32.2. The van der Waals surface area contributed by atoms with E-state index in [1.807, 2.05) is 0 Å². The third-order valence-corrected chi connectivity index (χ3v) is 7.79. The largest absolute Gasteiger partial charge is 0.349 e. The lowest BCUT2D eigenvalue weighted by Crippen LogP contribution is -2.38. The number of carbonyl (C=O) groups excluding carboxylic acids is 1. The molecular weight excluding hydrogens is 324 g/mol. The summed E-state index contributed by atoms with van der Waals surface area (Å²) in [6.07, 6.45) is 6.71. The van der Waals surface area contributed by atoms with Crippen molar-refractivity contribution in [2.75, 3.05) is 13.1 Å². The van der Waals surface area contributed by atoms with Gasteiger partial charge in [0.05, 0.1) is 4.90 Å². The molecule has 0 spiro atoms. The molecule has 5 nitrogen and oxygen atoms in total. The number of nitrogens with one attached hydrogen (secondary N) is 1. The van der Waals surface area contributed by atoms with E-state index in [0.717, 1.165) is 25.2 Å². The molecule has 1 amide bonds. The van der Waals surface area contributed by atoms with Crippen molar-refractivity contribution in [3.05, 3.63) is 29.8 Å². The Morgan fingerprint density at radius 3 is 2.33 bits per heavy atom. The Morgan fingerprint density at radius 1 is 1.04 bits per heavy atom. The van der Waals surface area contributed by atoms with Crippen molar-refractivity contribution in [1.82, 2.24) is 9.62 Å². The predicted octanol–water partition coefficient (Wildman–Crippen LogP) is 2.39. The number of benzene rings is 1. The number of hydrogen-bond acceptors (Lipinski definition) is 3. The van der Waals surface area contributed by atoms with Crippen LogP contribution >= 0.6 is 0 Å². The Kier molecular flexibility index (Phi) is 4.12. The van der Waals surface area contributed by atoms with E-state index < -0.39 is 10.0 Å². The van der Waals surface area contributed by atoms with Crippen LogP contribution in [0.5, 0.6) is 0 Å². The minimum atomic E-state index is -3.41. The zero-order valence-electron chi connectivity index (χ0n) is 13.8. The van der Waals surface area contributed by atoms with E-state index in [0.29, 0.717) is 30.6 Å². The smallest absolute Gasteiger partial charge is 0.251 e. The Labute approximate surface area is 143 Å². The van der Waals surface area contributed by atoms with Crippen molar-refractivity contribution in [2.45, 2.75) is 49.5 Å². The summed E-state index contributed by atoms with van der Waals surface area (Å²) in [6, 6.07) is 6.67. The van der Waals surface area contributed by atoms with Gasteiger partial charge in [-0.05, 0) is 68.2 Å². The average Bonchev–Trinajstić information content (AvgIpc) is 3.32. The van der Waals surface area contributed by atoms with E-state index in [-0.39, 0.29) is 10.8 Å². The third-order valence-electron chi connectivity index (χ3n) is 5.87. The van der Waals surface area contributed by atoms with Crippen molar-refractivity contribution >= 4 is 15.9 Å². The summed E-state index contributed by atoms with van der Waals surface area (Å²) in [5, 5.41) is 3.14. The van der Waals surface area contributed by atoms with Crippen LogP contribution in [0.15, 0.2) is 29.2 Å². The van der Waals surface area contributed by atoms with Crippen molar-refractivity contribution in [3.8, 4) is 0 Å². The fraction of sp³-hybridized carbons (Fsp3) is 0.611. The highest BCUT2D eigenvalue weighted by molar-refractivity contribution is 7.89. The number of hydrogen-bond donors (Lipinski definition) is 1. The molecule has 24 heavy (non-hydrogen) atoms. The normalized spacial score (nSPS) is 29.9. The molecule has 0 aromatic heterocycles. The van der Waals surface area contributed by atoms with Crippen LogP contribution in [0.3, 0.4) is 0 Å². The lowest BCUT2D eigenvalue weighted by atomic mass is 9.95. The van der Waals surface area contributed by atoms with Crippen LogP contribution in [0.4, 0.5) is 0 Å². The summed E-state index contributed by atoms with van der Waals surface area (Å²) in [4.78, 5) is 12.7. The monoisotopic (exact) mass is 348 g/mol. The standard InChI is InChI=1S/C18H24N2O3S/c21-18(19-17-12-13-3-4-15(17)11-13)14-5-7-16(8-6-14)24(22,23)20-9-1-2-10-20/h5-8,13,15,17H,1-4,9-12H2,(H,19,21)/t13-,15-,17-/m0/s1. The van der Waals surface area contributed by atoms with E-state index in [2.05, 4.69) is 5.32 Å². The van der Waals surface area contributed by atoms with E-state index in [1.165, 1.54) is 23.6 Å². The van der Waals surface area contributed by atoms with Gasteiger partial charge in [0.15, 0.2) is 0 Å². The molecular formula is C18H24N2O3S. The first-order chi connectivity index (χ1) is 11.5. The number of carbonyl (C=O) groups is 1. The molecule has 1 aliphatic heterocycles. The van der Waals surface area contributed by atoms with Crippen molar-refractivity contribution in [3.63, 3.8) is 0 Å². The highest BCUT2D eigenvalue weighted by Crippen LogP contribution is 2.44. The Balaban J connectivity index is 1.44. The zero-order valence-corrected chi connectivity index (χ0v) is 14.6. The molecule has 3 aliphatic rings. The average molecular weight is 348 g/mol. The van der Waals surface area contributed by atoms with Gasteiger partial charge in [-0.25, -0.2) is 8.42 Å². The van der Waals surface area contributed by atoms with Crippen molar-refractivity contribution in [1.29, 1.82) is 0 Å². The van der Waals surface area contributed by atoms with Gasteiger partial charge in [0.1, 0.15) is 0 Å². The van der Waals surface area contributed by atoms with Crippen molar-refractivity contribution in [2.24, 2.45) is 11.8 Å². The molecule has 4 rings (SSSR count). The summed E-state index contributed by atoms with van der Waals surface area (Å²) in [5.41, 5.74) is 0.540. The van der Waals surface area contributed by atoms with Crippen LogP contribution in [0.2, 0.25) is 0 Å². The maximum Gasteiger partial charge on any atom is 0.251 e. The third kappa shape index (κ3) is 2.86. The quantitative estimate of drug-likeness (QED) is 0.908. The van der Waals surface area contributed by atoms with Crippen LogP contribution in [0.25, 0.3) is 0 Å². The summed E-state index contributed by atoms with van der Waals surface area (Å²) < 4.78 is 26.5. The molecule has 1 aromatic carbocycles. The lowest BCUT2D eigenvalue weighted by molar-refractivity contribution is 0.0923. The van der Waals surface area contributed by atoms with Gasteiger partial charge >= 0.3 is 0 Å². The first-order valence-corrected chi connectivity index (χ1v) is 10.4. The zero-order chi connectivity index (χ0) is 16.7. The van der Waals surface area contributed by atoms with E-state index in [1.54, 1.807) is 24.3 Å². The fourth-order valence-corrected chi connectivity index (χ4v) is 6.05. The van der Waals surface area contributed by atoms with Crippen LogP contribution in [-0.2, 0) is 10.0 Å². The molecule has 130 valence electrons. The Bertz CT molecular complexity index is 723. The van der Waals surface area contributed by atoms with Crippen LogP contribution < -0.4 is 5.32 Å². The van der Waals surface area contributed by atoms with E-state index in [4.69, 9.17) is 0 Å². The molecule has 6 heteroatoms. The second-order valence-electron chi connectivity index (χ2n) is 7.39. The first kappa shape index (κ1) is 16.1. The van der Waals surface area contributed by atoms with Crippen LogP contribution in [0, 0.1) is 11.8 Å². The van der Waals surface area contributed by atoms with E-state index in [9.17, 15) is 13.2 Å². The molecule has 3 atom stereocenters. The molecule has 2 aliphatic carbocycles. The van der Waals surface area contributed by atoms with E-state index >= 15 is 0 Å². The predicted molar refractivity (Wildman–Crippen MR) is 91.1 cm³/mol. The van der Waals surface area contributed by atoms with Crippen LogP contribution in [0.1, 0.15) is 48.9 Å². The summed E-state index contributed by atoms with van der Waals surface area (Å²) in [5.74, 6) is 1.33. The summed E-state index contributed by atoms with van der Waals surface area (Å²) in [7, 11) is -3.41. The SMILES string of the molecule is O=C(N[C@H]1C[C@H]2CC[C@H]1C2)c1ccc(S(=O)(=O)N2CCCC2)cc1. The Hall–Kier alpha value is -1.40. The van der Waals surface area contributed by atoms with Gasteiger partial charge in [0, 0.05) is 24.7 Å². The number of nitrogens with zero attached hydrogens (tertiary/aromatic N) is 1. The van der Waals surface area contributed by atoms with Gasteiger partial charge < -0.3 is 5.32 Å². The minimum Gasteiger partial charge on any atom is -0.349 e. The maximum atomic E-state index is 12.5. The maximum absolute atomic E-state index is 12.5. The lowest BCUT2D eigenvalue weighted by Gasteiger charge is -2.23. The molecule has 1 heterocycles. The molecule has 1 N–H and O–H groups in total. The van der Waals surface area contributed by atoms with Gasteiger partial charge in [0.2, 0.25) is 10.0 Å². The number of fused-ring (bicyclic) bond motifs is 2. The van der Waals surface area contributed by atoms with Crippen LogP contribution in [-0.4, -0.2) is 37.8 Å². The molecule has 0 unspecified atom stereocenters. The number of rotatable bonds is 4. The van der Waals surface area contributed by atoms with Gasteiger partial charge in [0.25, 0.3) is 5.91 Å². The topological polar surface area (TPSA) is 66.5 Å². The molecule has 2 bridgehead atoms. The molecule has 0 radical (unpaired) electrons. The molecule has 1 aromatic rings. The van der Waals surface area contributed by atoms with Gasteiger partial charge in [-0.2, -0.15) is 4.31 Å². The van der Waals surface area contributed by atoms with Gasteiger partial charge in [-0.1, -0.05) is 6.42 Å². The summed E-state index contributed by atoms with van der Waals surface area (Å²) >= 11 is 0. The molecule has 1 saturated heterocycles. The van der Waals surface area contributed by atoms with Gasteiger partial charge in [-0.15, -0.1) is 0 Å². The number of sulfonamides is 1. The number of amides is 1. The van der Waals surface area contributed by atoms with Crippen molar-refractivity contribution < 1.29 is 13.2 Å². The van der Waals surface area contributed by atoms with Gasteiger partial charge in [-0.3, -0.25) is 4.79 Å².